The molecule has 1 aromatic heterocycles. The number of carbonyl (C=O) groups excluding carboxylic acids is 1. The average Bonchev–Trinajstić information content (AvgIpc) is 2.58. The van der Waals surface area contributed by atoms with Crippen molar-refractivity contribution in [1.29, 1.82) is 0 Å². The summed E-state index contributed by atoms with van der Waals surface area (Å²) in [5.41, 5.74) is 11.1. The van der Waals surface area contributed by atoms with Crippen LogP contribution in [0, 0.1) is 5.92 Å². The van der Waals surface area contributed by atoms with Gasteiger partial charge in [0.15, 0.2) is 0 Å². The Balaban J connectivity index is 2.27. The SMILES string of the molecule is Nc1cc(N)nc(N2CC(CBr)CC2=O)n1. The largest absolute Gasteiger partial charge is 0.383 e. The van der Waals surface area contributed by atoms with Gasteiger partial charge < -0.3 is 11.5 Å². The van der Waals surface area contributed by atoms with E-state index in [-0.39, 0.29) is 17.5 Å². The molecule has 1 saturated heterocycles. The Morgan fingerprint density at radius 1 is 1.44 bits per heavy atom. The fourth-order valence-corrected chi connectivity index (χ4v) is 2.10. The molecule has 0 spiro atoms. The molecule has 1 aliphatic rings. The molecule has 1 atom stereocenters. The van der Waals surface area contributed by atoms with Crippen LogP contribution in [0.4, 0.5) is 17.6 Å². The third kappa shape index (κ3) is 2.08. The van der Waals surface area contributed by atoms with Gasteiger partial charge in [0.2, 0.25) is 11.9 Å². The highest BCUT2D eigenvalue weighted by atomic mass is 79.9. The van der Waals surface area contributed by atoms with Crippen LogP contribution in [0.15, 0.2) is 6.07 Å². The number of hydrogen-bond acceptors (Lipinski definition) is 5. The van der Waals surface area contributed by atoms with E-state index in [0.29, 0.717) is 24.8 Å². The molecule has 0 aromatic carbocycles. The van der Waals surface area contributed by atoms with Crippen LogP contribution in [0.3, 0.4) is 0 Å². The van der Waals surface area contributed by atoms with Gasteiger partial charge in [0, 0.05) is 24.4 Å². The minimum Gasteiger partial charge on any atom is -0.383 e. The number of aromatic nitrogens is 2. The van der Waals surface area contributed by atoms with Crippen LogP contribution >= 0.6 is 15.9 Å². The highest BCUT2D eigenvalue weighted by Crippen LogP contribution is 2.24. The zero-order valence-corrected chi connectivity index (χ0v) is 10.1. The van der Waals surface area contributed by atoms with Gasteiger partial charge >= 0.3 is 0 Å². The first kappa shape index (κ1) is 11.1. The van der Waals surface area contributed by atoms with E-state index in [2.05, 4.69) is 25.9 Å². The van der Waals surface area contributed by atoms with Gasteiger partial charge in [-0.3, -0.25) is 9.69 Å². The summed E-state index contributed by atoms with van der Waals surface area (Å²) in [6.07, 6.45) is 0.503. The van der Waals surface area contributed by atoms with Crippen molar-refractivity contribution < 1.29 is 4.79 Å². The van der Waals surface area contributed by atoms with Crippen molar-refractivity contribution in [2.75, 3.05) is 28.2 Å². The van der Waals surface area contributed by atoms with Gasteiger partial charge in [-0.1, -0.05) is 15.9 Å². The van der Waals surface area contributed by atoms with Crippen molar-refractivity contribution in [2.45, 2.75) is 6.42 Å². The molecule has 7 heteroatoms. The van der Waals surface area contributed by atoms with Gasteiger partial charge in [-0.2, -0.15) is 9.97 Å². The Morgan fingerprint density at radius 2 is 2.06 bits per heavy atom. The third-order valence-corrected chi connectivity index (χ3v) is 3.33. The molecule has 1 amide bonds. The molecule has 0 saturated carbocycles. The number of alkyl halides is 1. The van der Waals surface area contributed by atoms with Gasteiger partial charge in [0.25, 0.3) is 0 Å². The summed E-state index contributed by atoms with van der Waals surface area (Å²) in [4.78, 5) is 21.3. The van der Waals surface area contributed by atoms with E-state index in [1.807, 2.05) is 0 Å². The van der Waals surface area contributed by atoms with Crippen molar-refractivity contribution >= 4 is 39.4 Å². The fourth-order valence-electron chi connectivity index (χ4n) is 1.67. The minimum atomic E-state index is 0.00875. The van der Waals surface area contributed by atoms with Gasteiger partial charge in [-0.15, -0.1) is 0 Å². The lowest BCUT2D eigenvalue weighted by Gasteiger charge is -2.14. The zero-order valence-electron chi connectivity index (χ0n) is 8.56. The van der Waals surface area contributed by atoms with Gasteiger partial charge in [0.1, 0.15) is 11.6 Å². The van der Waals surface area contributed by atoms with E-state index in [9.17, 15) is 4.79 Å². The topological polar surface area (TPSA) is 98.1 Å². The maximum Gasteiger partial charge on any atom is 0.236 e. The second-order valence-electron chi connectivity index (χ2n) is 3.75. The van der Waals surface area contributed by atoms with Crippen molar-refractivity contribution in [3.05, 3.63) is 6.07 Å². The highest BCUT2D eigenvalue weighted by Gasteiger charge is 2.31. The standard InChI is InChI=1S/C9H12BrN5O/c10-3-5-1-8(16)15(4-5)9-13-6(11)2-7(12)14-9/h2,5H,1,3-4H2,(H4,11,12,13,14). The Labute approximate surface area is 101 Å². The lowest BCUT2D eigenvalue weighted by Crippen LogP contribution is -2.27. The second-order valence-corrected chi connectivity index (χ2v) is 4.39. The summed E-state index contributed by atoms with van der Waals surface area (Å²) in [7, 11) is 0. The molecule has 0 radical (unpaired) electrons. The number of hydrogen-bond donors (Lipinski definition) is 2. The Bertz CT molecular complexity index is 404. The molecule has 1 unspecified atom stereocenters. The smallest absolute Gasteiger partial charge is 0.236 e. The Kier molecular flexibility index (Phi) is 2.95. The van der Waals surface area contributed by atoms with Crippen molar-refractivity contribution in [2.24, 2.45) is 5.92 Å². The summed E-state index contributed by atoms with van der Waals surface area (Å²) < 4.78 is 0. The first-order valence-corrected chi connectivity index (χ1v) is 5.98. The molecule has 1 fully saturated rings. The van der Waals surface area contributed by atoms with Crippen molar-refractivity contribution in [3.63, 3.8) is 0 Å². The number of carbonyl (C=O) groups is 1. The van der Waals surface area contributed by atoms with Crippen LogP contribution in [0.2, 0.25) is 0 Å². The molecule has 1 aromatic rings. The first-order chi connectivity index (χ1) is 7.60. The molecule has 2 rings (SSSR count). The Hall–Kier alpha value is -1.37. The molecule has 16 heavy (non-hydrogen) atoms. The van der Waals surface area contributed by atoms with E-state index < -0.39 is 0 Å². The summed E-state index contributed by atoms with van der Waals surface area (Å²) in [6.45, 7) is 0.604. The number of rotatable bonds is 2. The zero-order chi connectivity index (χ0) is 11.7. The predicted molar refractivity (Wildman–Crippen MR) is 65.1 cm³/mol. The van der Waals surface area contributed by atoms with Gasteiger partial charge in [-0.25, -0.2) is 0 Å². The molecule has 4 N–H and O–H groups in total. The number of nitrogens with two attached hydrogens (primary N) is 2. The first-order valence-electron chi connectivity index (χ1n) is 4.86. The van der Waals surface area contributed by atoms with E-state index in [4.69, 9.17) is 11.5 Å². The normalized spacial score (nSPS) is 20.4. The monoisotopic (exact) mass is 285 g/mol. The van der Waals surface area contributed by atoms with Crippen LogP contribution in [0.25, 0.3) is 0 Å². The minimum absolute atomic E-state index is 0.00875. The molecule has 1 aliphatic heterocycles. The molecule has 86 valence electrons. The van der Waals surface area contributed by atoms with Crippen LogP contribution < -0.4 is 16.4 Å². The third-order valence-electron chi connectivity index (χ3n) is 2.42. The number of halogens is 1. The van der Waals surface area contributed by atoms with Crippen molar-refractivity contribution in [1.82, 2.24) is 9.97 Å². The van der Waals surface area contributed by atoms with E-state index in [1.165, 1.54) is 11.0 Å². The molecular formula is C9H12BrN5O. The van der Waals surface area contributed by atoms with E-state index >= 15 is 0 Å². The predicted octanol–water partition coefficient (Wildman–Crippen LogP) is 0.389. The number of nitrogens with zero attached hydrogens (tertiary/aromatic N) is 3. The fraction of sp³-hybridized carbons (Fsp3) is 0.444. The number of nitrogen functional groups attached to an aromatic ring is 2. The quantitative estimate of drug-likeness (QED) is 0.766. The molecule has 2 heterocycles. The van der Waals surface area contributed by atoms with E-state index in [0.717, 1.165) is 5.33 Å². The van der Waals surface area contributed by atoms with Gasteiger partial charge in [0.05, 0.1) is 0 Å². The lowest BCUT2D eigenvalue weighted by molar-refractivity contribution is -0.117. The summed E-state index contributed by atoms with van der Waals surface area (Å²) in [5, 5.41) is 0.785. The molecule has 6 nitrogen and oxygen atoms in total. The molecular weight excluding hydrogens is 274 g/mol. The van der Waals surface area contributed by atoms with Crippen LogP contribution in [0.5, 0.6) is 0 Å². The van der Waals surface area contributed by atoms with Crippen LogP contribution in [-0.2, 0) is 4.79 Å². The maximum atomic E-state index is 11.7. The maximum absolute atomic E-state index is 11.7. The Morgan fingerprint density at radius 3 is 2.56 bits per heavy atom. The summed E-state index contributed by atoms with van der Waals surface area (Å²) >= 11 is 3.36. The number of amides is 1. The summed E-state index contributed by atoms with van der Waals surface area (Å²) in [6, 6.07) is 1.46. The summed E-state index contributed by atoms with van der Waals surface area (Å²) in [5.74, 6) is 1.15. The molecule has 0 aliphatic carbocycles. The lowest BCUT2D eigenvalue weighted by atomic mass is 10.2. The molecule has 0 bridgehead atoms. The van der Waals surface area contributed by atoms with E-state index in [1.54, 1.807) is 0 Å². The van der Waals surface area contributed by atoms with Crippen molar-refractivity contribution in [3.8, 4) is 0 Å². The number of anilines is 3. The van der Waals surface area contributed by atoms with Crippen LogP contribution in [0.1, 0.15) is 6.42 Å². The van der Waals surface area contributed by atoms with Gasteiger partial charge in [-0.05, 0) is 5.92 Å². The second kappa shape index (κ2) is 4.25. The average molecular weight is 286 g/mol. The van der Waals surface area contributed by atoms with Crippen LogP contribution in [-0.4, -0.2) is 27.7 Å². The highest BCUT2D eigenvalue weighted by molar-refractivity contribution is 9.09.